The van der Waals surface area contributed by atoms with E-state index < -0.39 is 0 Å². The van der Waals surface area contributed by atoms with Crippen LogP contribution in [-0.2, 0) is 9.47 Å². The molecule has 0 N–H and O–H groups in total. The van der Waals surface area contributed by atoms with Crippen LogP contribution in [0.3, 0.4) is 0 Å². The molecule has 4 nitrogen and oxygen atoms in total. The molecule has 0 bridgehead atoms. The van der Waals surface area contributed by atoms with Gasteiger partial charge in [-0.3, -0.25) is 0 Å². The molecule has 18 heavy (non-hydrogen) atoms. The van der Waals surface area contributed by atoms with Gasteiger partial charge in [-0.15, -0.1) is 22.7 Å². The van der Waals surface area contributed by atoms with Crippen molar-refractivity contribution in [3.05, 3.63) is 34.0 Å². The highest BCUT2D eigenvalue weighted by Gasteiger charge is 2.17. The van der Waals surface area contributed by atoms with E-state index in [1.807, 2.05) is 5.38 Å². The predicted molar refractivity (Wildman–Crippen MR) is 70.3 cm³/mol. The Labute approximate surface area is 112 Å². The molecular formula is C12H10O4S2. The van der Waals surface area contributed by atoms with Gasteiger partial charge < -0.3 is 9.47 Å². The summed E-state index contributed by atoms with van der Waals surface area (Å²) in [7, 11) is 2.68. The minimum Gasteiger partial charge on any atom is -0.465 e. The van der Waals surface area contributed by atoms with Crippen molar-refractivity contribution in [1.29, 1.82) is 0 Å². The zero-order valence-electron chi connectivity index (χ0n) is 9.76. The molecule has 94 valence electrons. The first-order valence-corrected chi connectivity index (χ1v) is 6.76. The normalized spacial score (nSPS) is 10.1. The summed E-state index contributed by atoms with van der Waals surface area (Å²) in [6, 6.07) is 3.43. The largest absolute Gasteiger partial charge is 0.465 e. The first-order valence-electron chi connectivity index (χ1n) is 5.00. The van der Waals surface area contributed by atoms with Crippen LogP contribution < -0.4 is 0 Å². The number of hydrogen-bond donors (Lipinski definition) is 0. The smallest absolute Gasteiger partial charge is 0.339 e. The Morgan fingerprint density at radius 1 is 1.11 bits per heavy atom. The average molecular weight is 282 g/mol. The van der Waals surface area contributed by atoms with Gasteiger partial charge >= 0.3 is 11.9 Å². The van der Waals surface area contributed by atoms with Crippen molar-refractivity contribution in [1.82, 2.24) is 0 Å². The summed E-state index contributed by atoms with van der Waals surface area (Å²) in [4.78, 5) is 24.6. The SMILES string of the molecule is COC(=O)c1csc(-c2sccc2C(=O)OC)c1. The van der Waals surface area contributed by atoms with E-state index in [4.69, 9.17) is 4.74 Å². The van der Waals surface area contributed by atoms with Crippen molar-refractivity contribution in [3.63, 3.8) is 0 Å². The van der Waals surface area contributed by atoms with Crippen LogP contribution in [0, 0.1) is 0 Å². The number of carbonyl (C=O) groups excluding carboxylic acids is 2. The van der Waals surface area contributed by atoms with Gasteiger partial charge in [-0.2, -0.15) is 0 Å². The van der Waals surface area contributed by atoms with Crippen LogP contribution in [0.25, 0.3) is 9.75 Å². The lowest BCUT2D eigenvalue weighted by Gasteiger charge is -1.99. The monoisotopic (exact) mass is 282 g/mol. The van der Waals surface area contributed by atoms with Gasteiger partial charge in [0.25, 0.3) is 0 Å². The van der Waals surface area contributed by atoms with Gasteiger partial charge in [-0.25, -0.2) is 9.59 Å². The first kappa shape index (κ1) is 12.8. The van der Waals surface area contributed by atoms with Crippen LogP contribution in [0.2, 0.25) is 0 Å². The van der Waals surface area contributed by atoms with Gasteiger partial charge in [-0.1, -0.05) is 0 Å². The summed E-state index contributed by atoms with van der Waals surface area (Å²) in [5, 5.41) is 3.53. The number of carbonyl (C=O) groups is 2. The van der Waals surface area contributed by atoms with Crippen LogP contribution in [0.15, 0.2) is 22.9 Å². The number of thiophene rings is 2. The molecule has 2 aromatic rings. The third-order valence-corrected chi connectivity index (χ3v) is 4.34. The summed E-state index contributed by atoms with van der Waals surface area (Å²) >= 11 is 2.83. The van der Waals surface area contributed by atoms with Crippen LogP contribution in [-0.4, -0.2) is 26.2 Å². The molecule has 0 atom stereocenters. The lowest BCUT2D eigenvalue weighted by atomic mass is 10.2. The standard InChI is InChI=1S/C12H10O4S2/c1-15-11(13)7-5-9(18-6-7)10-8(3-4-17-10)12(14)16-2/h3-6H,1-2H3. The van der Waals surface area contributed by atoms with E-state index in [9.17, 15) is 9.59 Å². The number of rotatable bonds is 3. The van der Waals surface area contributed by atoms with Gasteiger partial charge in [0.05, 0.1) is 30.2 Å². The highest BCUT2D eigenvalue weighted by Crippen LogP contribution is 2.34. The van der Waals surface area contributed by atoms with Crippen LogP contribution in [0.4, 0.5) is 0 Å². The second-order valence-electron chi connectivity index (χ2n) is 3.35. The fraction of sp³-hybridized carbons (Fsp3) is 0.167. The van der Waals surface area contributed by atoms with Gasteiger partial charge in [0.15, 0.2) is 0 Å². The summed E-state index contributed by atoms with van der Waals surface area (Å²) in [5.41, 5.74) is 1.00. The molecule has 0 unspecified atom stereocenters. The second-order valence-corrected chi connectivity index (χ2v) is 5.17. The van der Waals surface area contributed by atoms with Crippen molar-refractivity contribution in [2.75, 3.05) is 14.2 Å². The second kappa shape index (κ2) is 5.32. The Morgan fingerprint density at radius 3 is 2.50 bits per heavy atom. The zero-order valence-corrected chi connectivity index (χ0v) is 11.4. The van der Waals surface area contributed by atoms with Gasteiger partial charge in [0.1, 0.15) is 0 Å². The van der Waals surface area contributed by atoms with E-state index in [0.717, 1.165) is 9.75 Å². The Bertz CT molecular complexity index is 582. The molecule has 2 heterocycles. The lowest BCUT2D eigenvalue weighted by Crippen LogP contribution is -2.00. The fourth-order valence-electron chi connectivity index (χ4n) is 1.45. The Morgan fingerprint density at radius 2 is 1.83 bits per heavy atom. The Balaban J connectivity index is 2.38. The summed E-state index contributed by atoms with van der Waals surface area (Å²) in [6.45, 7) is 0. The topological polar surface area (TPSA) is 52.6 Å². The minimum atomic E-state index is -0.381. The van der Waals surface area contributed by atoms with Crippen molar-refractivity contribution in [2.45, 2.75) is 0 Å². The third kappa shape index (κ3) is 2.30. The molecule has 0 aliphatic carbocycles. The van der Waals surface area contributed by atoms with Crippen LogP contribution in [0.5, 0.6) is 0 Å². The summed E-state index contributed by atoms with van der Waals surface area (Å²) in [6.07, 6.45) is 0. The van der Waals surface area contributed by atoms with Crippen LogP contribution in [0.1, 0.15) is 20.7 Å². The molecule has 2 rings (SSSR count). The van der Waals surface area contributed by atoms with Crippen molar-refractivity contribution < 1.29 is 19.1 Å². The molecule has 6 heteroatoms. The molecule has 0 aliphatic heterocycles. The maximum Gasteiger partial charge on any atom is 0.339 e. The number of methoxy groups -OCH3 is 2. The average Bonchev–Trinajstić information content (AvgIpc) is 3.04. The molecular weight excluding hydrogens is 272 g/mol. The number of esters is 2. The fourth-order valence-corrected chi connectivity index (χ4v) is 3.36. The Kier molecular flexibility index (Phi) is 3.78. The minimum absolute atomic E-state index is 0.376. The van der Waals surface area contributed by atoms with Crippen molar-refractivity contribution in [3.8, 4) is 9.75 Å². The molecule has 2 aromatic heterocycles. The van der Waals surface area contributed by atoms with E-state index in [1.54, 1.807) is 17.5 Å². The highest BCUT2D eigenvalue weighted by molar-refractivity contribution is 7.20. The lowest BCUT2D eigenvalue weighted by molar-refractivity contribution is 0.0593. The molecule has 0 aromatic carbocycles. The zero-order chi connectivity index (χ0) is 13.1. The first-order chi connectivity index (χ1) is 8.67. The Hall–Kier alpha value is -1.66. The molecule has 0 saturated carbocycles. The molecule has 0 fully saturated rings. The molecule has 0 aliphatic rings. The predicted octanol–water partition coefficient (Wildman–Crippen LogP) is 3.05. The van der Waals surface area contributed by atoms with E-state index in [0.29, 0.717) is 11.1 Å². The highest BCUT2D eigenvalue weighted by atomic mass is 32.1. The van der Waals surface area contributed by atoms with Crippen molar-refractivity contribution in [2.24, 2.45) is 0 Å². The van der Waals surface area contributed by atoms with Crippen LogP contribution >= 0.6 is 22.7 Å². The summed E-state index contributed by atoms with van der Waals surface area (Å²) < 4.78 is 9.36. The molecule has 0 spiro atoms. The molecule has 0 saturated heterocycles. The van der Waals surface area contributed by atoms with Gasteiger partial charge in [-0.05, 0) is 17.5 Å². The van der Waals surface area contributed by atoms with E-state index in [2.05, 4.69) is 4.74 Å². The maximum absolute atomic E-state index is 11.6. The van der Waals surface area contributed by atoms with Gasteiger partial charge in [0, 0.05) is 10.3 Å². The number of ether oxygens (including phenoxy) is 2. The van der Waals surface area contributed by atoms with Crippen molar-refractivity contribution >= 4 is 34.6 Å². The molecule has 0 radical (unpaired) electrons. The third-order valence-electron chi connectivity index (χ3n) is 2.31. The van der Waals surface area contributed by atoms with Gasteiger partial charge in [0.2, 0.25) is 0 Å². The molecule has 0 amide bonds. The maximum atomic E-state index is 11.6. The quantitative estimate of drug-likeness (QED) is 0.812. The summed E-state index contributed by atoms with van der Waals surface area (Å²) in [5.74, 6) is -0.757. The number of hydrogen-bond acceptors (Lipinski definition) is 6. The van der Waals surface area contributed by atoms with E-state index in [-0.39, 0.29) is 11.9 Å². The van der Waals surface area contributed by atoms with E-state index >= 15 is 0 Å². The van der Waals surface area contributed by atoms with E-state index in [1.165, 1.54) is 36.9 Å².